The molecule has 0 fully saturated rings. The van der Waals surface area contributed by atoms with Crippen molar-refractivity contribution in [2.45, 2.75) is 34.2 Å². The number of nitrogens with one attached hydrogen (secondary N) is 2. The number of quaternary nitrogens is 1. The van der Waals surface area contributed by atoms with Gasteiger partial charge in [-0.15, -0.1) is 0 Å². The zero-order valence-corrected chi connectivity index (χ0v) is 14.8. The fourth-order valence-electron chi connectivity index (χ4n) is 3.05. The van der Waals surface area contributed by atoms with Gasteiger partial charge in [-0.3, -0.25) is 4.79 Å². The number of aryl methyl sites for hydroxylation is 4. The fourth-order valence-corrected chi connectivity index (χ4v) is 3.05. The Balaban J connectivity index is 1.97. The summed E-state index contributed by atoms with van der Waals surface area (Å²) < 4.78 is 0. The van der Waals surface area contributed by atoms with E-state index in [-0.39, 0.29) is 5.91 Å². The minimum Gasteiger partial charge on any atom is -0.326 e. The lowest BCUT2D eigenvalue weighted by Gasteiger charge is -2.16. The van der Waals surface area contributed by atoms with Crippen molar-refractivity contribution in [3.8, 4) is 0 Å². The Hall–Kier alpha value is -2.13. The number of benzene rings is 2. The third-order valence-corrected chi connectivity index (χ3v) is 4.00. The van der Waals surface area contributed by atoms with Crippen LogP contribution in [0, 0.1) is 27.7 Å². The summed E-state index contributed by atoms with van der Waals surface area (Å²) in [6, 6.07) is 12.6. The molecule has 2 aromatic rings. The molecule has 1 unspecified atom stereocenters. The van der Waals surface area contributed by atoms with Gasteiger partial charge < -0.3 is 10.2 Å². The maximum absolute atomic E-state index is 12.3. The van der Waals surface area contributed by atoms with E-state index >= 15 is 0 Å². The quantitative estimate of drug-likeness (QED) is 0.874. The van der Waals surface area contributed by atoms with Crippen LogP contribution in [0.5, 0.6) is 0 Å². The first kappa shape index (κ1) is 17.2. The van der Waals surface area contributed by atoms with Gasteiger partial charge in [-0.05, 0) is 38.8 Å². The minimum atomic E-state index is 0.0595. The van der Waals surface area contributed by atoms with Gasteiger partial charge in [0.2, 0.25) is 0 Å². The van der Waals surface area contributed by atoms with Gasteiger partial charge in [0.15, 0.2) is 6.54 Å². The number of para-hydroxylation sites is 1. The number of hydrogen-bond donors (Lipinski definition) is 2. The average molecular weight is 311 g/mol. The van der Waals surface area contributed by atoms with Gasteiger partial charge in [0, 0.05) is 11.3 Å². The molecular weight excluding hydrogens is 284 g/mol. The average Bonchev–Trinajstić information content (AvgIpc) is 2.41. The Morgan fingerprint density at radius 3 is 2.13 bits per heavy atom. The van der Waals surface area contributed by atoms with Gasteiger partial charge in [-0.1, -0.05) is 47.5 Å². The largest absolute Gasteiger partial charge is 0.326 e. The second-order valence-electron chi connectivity index (χ2n) is 6.62. The van der Waals surface area contributed by atoms with E-state index < -0.39 is 0 Å². The molecule has 3 heteroatoms. The molecule has 3 nitrogen and oxygen atoms in total. The molecule has 0 saturated carbocycles. The van der Waals surface area contributed by atoms with Gasteiger partial charge in [-0.25, -0.2) is 0 Å². The second kappa shape index (κ2) is 7.42. The standard InChI is InChI=1S/C20H26N2O/c1-14-9-15(2)11-18(10-14)12-22(5)13-19(23)21-20-16(3)7-6-8-17(20)4/h6-11H,12-13H2,1-5H3,(H,21,23)/p+1. The van der Waals surface area contributed by atoms with E-state index in [0.717, 1.165) is 23.4 Å². The molecule has 0 heterocycles. The lowest BCUT2D eigenvalue weighted by atomic mass is 10.1. The summed E-state index contributed by atoms with van der Waals surface area (Å²) in [5.41, 5.74) is 6.97. The van der Waals surface area contributed by atoms with Crippen LogP contribution in [0.25, 0.3) is 0 Å². The molecule has 0 saturated heterocycles. The third kappa shape index (κ3) is 4.93. The molecule has 1 amide bonds. The van der Waals surface area contributed by atoms with Crippen molar-refractivity contribution in [2.75, 3.05) is 18.9 Å². The first-order valence-electron chi connectivity index (χ1n) is 8.09. The SMILES string of the molecule is Cc1cc(C)cc(C[NH+](C)CC(=O)Nc2c(C)cccc2C)c1. The summed E-state index contributed by atoms with van der Waals surface area (Å²) >= 11 is 0. The van der Waals surface area contributed by atoms with Crippen LogP contribution in [-0.2, 0) is 11.3 Å². The van der Waals surface area contributed by atoms with E-state index in [1.165, 1.54) is 21.6 Å². The van der Waals surface area contributed by atoms with E-state index in [1.807, 2.05) is 32.0 Å². The van der Waals surface area contributed by atoms with Crippen molar-refractivity contribution in [1.29, 1.82) is 0 Å². The molecule has 2 rings (SSSR count). The van der Waals surface area contributed by atoms with Crippen molar-refractivity contribution in [2.24, 2.45) is 0 Å². The molecule has 122 valence electrons. The summed E-state index contributed by atoms with van der Waals surface area (Å²) in [7, 11) is 2.06. The van der Waals surface area contributed by atoms with Gasteiger partial charge in [0.05, 0.1) is 7.05 Å². The molecular formula is C20H27N2O+. The maximum atomic E-state index is 12.3. The van der Waals surface area contributed by atoms with Gasteiger partial charge >= 0.3 is 0 Å². The lowest BCUT2D eigenvalue weighted by molar-refractivity contribution is -0.885. The molecule has 1 atom stereocenters. The van der Waals surface area contributed by atoms with Crippen LogP contribution in [0.1, 0.15) is 27.8 Å². The van der Waals surface area contributed by atoms with Crippen molar-refractivity contribution in [3.63, 3.8) is 0 Å². The Kier molecular flexibility index (Phi) is 5.56. The molecule has 0 bridgehead atoms. The molecule has 2 N–H and O–H groups in total. The lowest BCUT2D eigenvalue weighted by Crippen LogP contribution is -3.08. The minimum absolute atomic E-state index is 0.0595. The van der Waals surface area contributed by atoms with Crippen LogP contribution in [-0.4, -0.2) is 19.5 Å². The number of hydrogen-bond acceptors (Lipinski definition) is 1. The highest BCUT2D eigenvalue weighted by atomic mass is 16.2. The van der Waals surface area contributed by atoms with Crippen LogP contribution in [0.15, 0.2) is 36.4 Å². The number of anilines is 1. The Labute approximate surface area is 139 Å². The van der Waals surface area contributed by atoms with Crippen molar-refractivity contribution in [1.82, 2.24) is 0 Å². The predicted molar refractivity (Wildman–Crippen MR) is 95.9 cm³/mol. The third-order valence-electron chi connectivity index (χ3n) is 4.00. The zero-order valence-electron chi connectivity index (χ0n) is 14.8. The van der Waals surface area contributed by atoms with E-state index in [1.54, 1.807) is 0 Å². The van der Waals surface area contributed by atoms with E-state index in [2.05, 4.69) is 44.4 Å². The van der Waals surface area contributed by atoms with Crippen LogP contribution < -0.4 is 10.2 Å². The molecule has 0 radical (unpaired) electrons. The first-order chi connectivity index (χ1) is 10.8. The Bertz CT molecular complexity index is 666. The highest BCUT2D eigenvalue weighted by Gasteiger charge is 2.13. The second-order valence-corrected chi connectivity index (χ2v) is 6.62. The van der Waals surface area contributed by atoms with Gasteiger partial charge in [0.25, 0.3) is 5.91 Å². The molecule has 2 aromatic carbocycles. The summed E-state index contributed by atoms with van der Waals surface area (Å²) in [6.07, 6.45) is 0. The van der Waals surface area contributed by atoms with E-state index in [0.29, 0.717) is 6.54 Å². The van der Waals surface area contributed by atoms with Crippen LogP contribution in [0.2, 0.25) is 0 Å². The molecule has 0 spiro atoms. The van der Waals surface area contributed by atoms with Crippen LogP contribution >= 0.6 is 0 Å². The monoisotopic (exact) mass is 311 g/mol. The fraction of sp³-hybridized carbons (Fsp3) is 0.350. The summed E-state index contributed by atoms with van der Waals surface area (Å²) in [6.45, 7) is 9.58. The number of rotatable bonds is 5. The molecule has 0 aromatic heterocycles. The smallest absolute Gasteiger partial charge is 0.279 e. The zero-order chi connectivity index (χ0) is 17.0. The van der Waals surface area contributed by atoms with E-state index in [4.69, 9.17) is 0 Å². The molecule has 0 aliphatic carbocycles. The highest BCUT2D eigenvalue weighted by Crippen LogP contribution is 2.18. The molecule has 0 aliphatic heterocycles. The number of carbonyl (C=O) groups is 1. The Morgan fingerprint density at radius 1 is 1.00 bits per heavy atom. The first-order valence-corrected chi connectivity index (χ1v) is 8.09. The van der Waals surface area contributed by atoms with Crippen LogP contribution in [0.4, 0.5) is 5.69 Å². The normalized spacial score (nSPS) is 12.0. The topological polar surface area (TPSA) is 33.5 Å². The van der Waals surface area contributed by atoms with Gasteiger partial charge in [-0.2, -0.15) is 0 Å². The van der Waals surface area contributed by atoms with Crippen molar-refractivity contribution >= 4 is 11.6 Å². The highest BCUT2D eigenvalue weighted by molar-refractivity contribution is 5.93. The summed E-state index contributed by atoms with van der Waals surface area (Å²) in [5.74, 6) is 0.0595. The van der Waals surface area contributed by atoms with Crippen molar-refractivity contribution in [3.05, 3.63) is 64.2 Å². The molecule has 23 heavy (non-hydrogen) atoms. The summed E-state index contributed by atoms with van der Waals surface area (Å²) in [5, 5.41) is 3.06. The van der Waals surface area contributed by atoms with Crippen LogP contribution in [0.3, 0.4) is 0 Å². The molecule has 0 aliphatic rings. The summed E-state index contributed by atoms with van der Waals surface area (Å²) in [4.78, 5) is 13.5. The predicted octanol–water partition coefficient (Wildman–Crippen LogP) is 2.57. The van der Waals surface area contributed by atoms with Crippen molar-refractivity contribution < 1.29 is 9.69 Å². The van der Waals surface area contributed by atoms with E-state index in [9.17, 15) is 4.79 Å². The Morgan fingerprint density at radius 2 is 1.57 bits per heavy atom. The number of amides is 1. The maximum Gasteiger partial charge on any atom is 0.279 e. The number of carbonyl (C=O) groups excluding carboxylic acids is 1. The van der Waals surface area contributed by atoms with Gasteiger partial charge in [0.1, 0.15) is 6.54 Å². The number of likely N-dealkylation sites (N-methyl/N-ethyl adjacent to an activating group) is 1.